The Hall–Kier alpha value is -1.37. The van der Waals surface area contributed by atoms with Crippen LogP contribution in [0.15, 0.2) is 41.6 Å². The minimum atomic E-state index is -4.19. The van der Waals surface area contributed by atoms with Crippen LogP contribution in [-0.4, -0.2) is 13.4 Å². The van der Waals surface area contributed by atoms with Gasteiger partial charge in [-0.15, -0.1) is 0 Å². The minimum Gasteiger partial charge on any atom is -0.275 e. The van der Waals surface area contributed by atoms with Crippen molar-refractivity contribution in [3.8, 4) is 0 Å². The molecule has 0 fully saturated rings. The van der Waals surface area contributed by atoms with Crippen LogP contribution in [0, 0.1) is 5.82 Å². The number of pyridine rings is 1. The maximum absolute atomic E-state index is 13.4. The lowest BCUT2D eigenvalue weighted by atomic mass is 10.3. The summed E-state index contributed by atoms with van der Waals surface area (Å²) in [6.45, 7) is 0. The summed E-state index contributed by atoms with van der Waals surface area (Å²) in [5.74, 6) is -0.960. The first kappa shape index (κ1) is 14.0. The normalized spacial score (nSPS) is 11.3. The molecule has 1 aromatic carbocycles. The predicted molar refractivity (Wildman–Crippen MR) is 71.5 cm³/mol. The summed E-state index contributed by atoms with van der Waals surface area (Å²) in [6.07, 6.45) is 1.17. The molecule has 100 valence electrons. The Morgan fingerprint density at radius 1 is 1.11 bits per heavy atom. The van der Waals surface area contributed by atoms with Gasteiger partial charge in [-0.05, 0) is 24.3 Å². The molecule has 2 rings (SSSR count). The van der Waals surface area contributed by atoms with E-state index in [1.165, 1.54) is 24.4 Å². The first-order valence-electron chi connectivity index (χ1n) is 4.99. The van der Waals surface area contributed by atoms with Crippen molar-refractivity contribution in [2.24, 2.45) is 0 Å². The highest BCUT2D eigenvalue weighted by molar-refractivity contribution is 7.92. The highest BCUT2D eigenvalue weighted by Crippen LogP contribution is 2.31. The highest BCUT2D eigenvalue weighted by atomic mass is 35.5. The highest BCUT2D eigenvalue weighted by Gasteiger charge is 2.22. The number of nitrogens with zero attached hydrogens (tertiary/aromatic N) is 1. The van der Waals surface area contributed by atoms with Crippen molar-refractivity contribution in [2.45, 2.75) is 5.03 Å². The second-order valence-electron chi connectivity index (χ2n) is 3.49. The van der Waals surface area contributed by atoms with Crippen LogP contribution in [0.1, 0.15) is 0 Å². The third kappa shape index (κ3) is 2.97. The van der Waals surface area contributed by atoms with Crippen LogP contribution >= 0.6 is 23.2 Å². The second kappa shape index (κ2) is 5.32. The molecule has 4 nitrogen and oxygen atoms in total. The fourth-order valence-electron chi connectivity index (χ4n) is 1.35. The van der Waals surface area contributed by atoms with Gasteiger partial charge in [-0.25, -0.2) is 9.37 Å². The van der Waals surface area contributed by atoms with Crippen molar-refractivity contribution < 1.29 is 12.8 Å². The molecular formula is C11H7Cl2FN2O2S. The Kier molecular flexibility index (Phi) is 3.93. The second-order valence-corrected chi connectivity index (χ2v) is 5.90. The van der Waals surface area contributed by atoms with E-state index in [1.54, 1.807) is 6.07 Å². The van der Waals surface area contributed by atoms with Crippen LogP contribution in [0.4, 0.5) is 10.1 Å². The SMILES string of the molecule is O=S(=O)(Nc1c(Cl)cccc1Cl)c1ncccc1F. The van der Waals surface area contributed by atoms with Crippen molar-refractivity contribution >= 4 is 38.9 Å². The summed E-state index contributed by atoms with van der Waals surface area (Å²) >= 11 is 11.7. The fraction of sp³-hybridized carbons (Fsp3) is 0. The molecule has 0 aliphatic carbocycles. The van der Waals surface area contributed by atoms with Gasteiger partial charge < -0.3 is 0 Å². The van der Waals surface area contributed by atoms with Gasteiger partial charge in [0, 0.05) is 6.20 Å². The van der Waals surface area contributed by atoms with Gasteiger partial charge >= 0.3 is 0 Å². The number of anilines is 1. The third-order valence-corrected chi connectivity index (χ3v) is 4.09. The number of para-hydroxylation sites is 1. The number of hydrogen-bond donors (Lipinski definition) is 1. The number of aromatic nitrogens is 1. The average Bonchev–Trinajstić information content (AvgIpc) is 2.34. The van der Waals surface area contributed by atoms with Gasteiger partial charge in [-0.3, -0.25) is 4.72 Å². The van der Waals surface area contributed by atoms with Gasteiger partial charge in [0.25, 0.3) is 10.0 Å². The number of nitrogens with one attached hydrogen (secondary N) is 1. The summed E-state index contributed by atoms with van der Waals surface area (Å²) in [6, 6.07) is 6.76. The number of sulfonamides is 1. The largest absolute Gasteiger partial charge is 0.282 e. The third-order valence-electron chi connectivity index (χ3n) is 2.18. The van der Waals surface area contributed by atoms with E-state index in [9.17, 15) is 12.8 Å². The molecule has 2 aromatic rings. The molecule has 0 spiro atoms. The van der Waals surface area contributed by atoms with Gasteiger partial charge in [0.1, 0.15) is 0 Å². The molecular weight excluding hydrogens is 314 g/mol. The quantitative estimate of drug-likeness (QED) is 0.943. The molecule has 0 bridgehead atoms. The molecule has 8 heteroatoms. The first-order valence-corrected chi connectivity index (χ1v) is 7.23. The summed E-state index contributed by atoms with van der Waals surface area (Å²) in [4.78, 5) is 3.49. The van der Waals surface area contributed by atoms with Gasteiger partial charge in [-0.2, -0.15) is 8.42 Å². The van der Waals surface area contributed by atoms with E-state index in [1.807, 2.05) is 0 Å². The molecule has 0 aliphatic rings. The molecule has 0 unspecified atom stereocenters. The van der Waals surface area contributed by atoms with E-state index < -0.39 is 20.9 Å². The lowest BCUT2D eigenvalue weighted by molar-refractivity contribution is 0.557. The Balaban J connectivity index is 2.46. The molecule has 0 saturated heterocycles. The number of halogens is 3. The van der Waals surface area contributed by atoms with E-state index in [2.05, 4.69) is 9.71 Å². The van der Waals surface area contributed by atoms with E-state index in [0.717, 1.165) is 6.07 Å². The van der Waals surface area contributed by atoms with Crippen LogP contribution in [-0.2, 0) is 10.0 Å². The van der Waals surface area contributed by atoms with Crippen LogP contribution in [0.3, 0.4) is 0 Å². The summed E-state index contributed by atoms with van der Waals surface area (Å²) in [5, 5.41) is -0.509. The number of hydrogen-bond acceptors (Lipinski definition) is 3. The predicted octanol–water partition coefficient (Wildman–Crippen LogP) is 3.33. The zero-order valence-corrected chi connectivity index (χ0v) is 11.6. The maximum Gasteiger partial charge on any atom is 0.282 e. The van der Waals surface area contributed by atoms with Crippen molar-refractivity contribution in [1.29, 1.82) is 0 Å². The van der Waals surface area contributed by atoms with E-state index in [4.69, 9.17) is 23.2 Å². The van der Waals surface area contributed by atoms with Crippen LogP contribution in [0.5, 0.6) is 0 Å². The zero-order valence-electron chi connectivity index (χ0n) is 9.27. The fourth-order valence-corrected chi connectivity index (χ4v) is 3.06. The molecule has 0 saturated carbocycles. The van der Waals surface area contributed by atoms with Gasteiger partial charge in [0.05, 0.1) is 15.7 Å². The maximum atomic E-state index is 13.4. The molecule has 0 atom stereocenters. The average molecular weight is 321 g/mol. The molecule has 0 radical (unpaired) electrons. The van der Waals surface area contributed by atoms with Crippen molar-refractivity contribution in [1.82, 2.24) is 4.98 Å². The molecule has 1 aromatic heterocycles. The van der Waals surface area contributed by atoms with Crippen LogP contribution in [0.25, 0.3) is 0 Å². The van der Waals surface area contributed by atoms with Crippen molar-refractivity contribution in [3.05, 3.63) is 52.4 Å². The Bertz CT molecular complexity index is 702. The smallest absolute Gasteiger partial charge is 0.275 e. The summed E-state index contributed by atoms with van der Waals surface area (Å²) < 4.78 is 39.6. The summed E-state index contributed by atoms with van der Waals surface area (Å²) in [7, 11) is -4.19. The standard InChI is InChI=1S/C11H7Cl2FN2O2S/c12-7-3-1-4-8(13)10(7)16-19(17,18)11-9(14)5-2-6-15-11/h1-6,16H. The lowest BCUT2D eigenvalue weighted by Crippen LogP contribution is -2.16. The first-order chi connectivity index (χ1) is 8.92. The Morgan fingerprint density at radius 3 is 2.32 bits per heavy atom. The van der Waals surface area contributed by atoms with Gasteiger partial charge in [0.15, 0.2) is 5.82 Å². The van der Waals surface area contributed by atoms with Gasteiger partial charge in [-0.1, -0.05) is 29.3 Å². The zero-order chi connectivity index (χ0) is 14.0. The van der Waals surface area contributed by atoms with Crippen molar-refractivity contribution in [2.75, 3.05) is 4.72 Å². The lowest BCUT2D eigenvalue weighted by Gasteiger charge is -2.10. The van der Waals surface area contributed by atoms with Crippen LogP contribution < -0.4 is 4.72 Å². The van der Waals surface area contributed by atoms with Crippen molar-refractivity contribution in [3.63, 3.8) is 0 Å². The Morgan fingerprint density at radius 2 is 1.74 bits per heavy atom. The van der Waals surface area contributed by atoms with E-state index >= 15 is 0 Å². The monoisotopic (exact) mass is 320 g/mol. The number of benzene rings is 1. The van der Waals surface area contributed by atoms with Gasteiger partial charge in [0.2, 0.25) is 5.03 Å². The number of rotatable bonds is 3. The molecule has 0 aliphatic heterocycles. The van der Waals surface area contributed by atoms with Crippen LogP contribution in [0.2, 0.25) is 10.0 Å². The summed E-state index contributed by atoms with van der Waals surface area (Å²) in [5.41, 5.74) is -0.0177. The van der Waals surface area contributed by atoms with E-state index in [0.29, 0.717) is 0 Å². The molecule has 1 N–H and O–H groups in total. The molecule has 0 amide bonds. The topological polar surface area (TPSA) is 59.1 Å². The molecule has 1 heterocycles. The Labute approximate surface area is 119 Å². The minimum absolute atomic E-state index is 0.0177. The van der Waals surface area contributed by atoms with E-state index in [-0.39, 0.29) is 15.7 Å². The molecule has 19 heavy (non-hydrogen) atoms.